The monoisotopic (exact) mass is 374 g/mol. The zero-order valence-corrected chi connectivity index (χ0v) is 16.1. The van der Waals surface area contributed by atoms with E-state index in [1.165, 1.54) is 0 Å². The predicted molar refractivity (Wildman–Crippen MR) is 105 cm³/mol. The summed E-state index contributed by atoms with van der Waals surface area (Å²) in [6.45, 7) is 2.71. The molecule has 0 aliphatic heterocycles. The lowest BCUT2D eigenvalue weighted by molar-refractivity contribution is 0.328. The molecule has 1 heterocycles. The Labute approximate surface area is 155 Å². The average Bonchev–Trinajstić information content (AvgIpc) is 3.46. The largest absolute Gasteiger partial charge is 0.318 e. The van der Waals surface area contributed by atoms with Crippen LogP contribution in [0.25, 0.3) is 11.1 Å². The summed E-state index contributed by atoms with van der Waals surface area (Å²) >= 11 is 0. The lowest BCUT2D eigenvalue weighted by atomic mass is 10.1. The van der Waals surface area contributed by atoms with E-state index in [0.717, 1.165) is 49.2 Å². The Morgan fingerprint density at radius 3 is 2.73 bits per heavy atom. The normalized spacial score (nSPS) is 14.6. The fourth-order valence-corrected chi connectivity index (χ4v) is 4.19. The first-order chi connectivity index (χ1) is 12.5. The van der Waals surface area contributed by atoms with E-state index in [0.29, 0.717) is 5.69 Å². The number of aromatic nitrogens is 1. The summed E-state index contributed by atoms with van der Waals surface area (Å²) in [5.74, 6) is 0. The lowest BCUT2D eigenvalue weighted by Gasteiger charge is -2.16. The van der Waals surface area contributed by atoms with Crippen LogP contribution in [0.2, 0.25) is 0 Å². The van der Waals surface area contributed by atoms with Gasteiger partial charge in [0.2, 0.25) is 10.0 Å². The van der Waals surface area contributed by atoms with Gasteiger partial charge in [0.15, 0.2) is 0 Å². The van der Waals surface area contributed by atoms with Crippen LogP contribution in [0.15, 0.2) is 42.7 Å². The maximum absolute atomic E-state index is 12.1. The highest BCUT2D eigenvalue weighted by molar-refractivity contribution is 7.93. The second kappa shape index (κ2) is 8.16. The molecule has 1 aromatic heterocycles. The third-order valence-corrected chi connectivity index (χ3v) is 6.28. The first kappa shape index (κ1) is 18.8. The molecule has 6 nitrogen and oxygen atoms in total. The van der Waals surface area contributed by atoms with Gasteiger partial charge in [0.1, 0.15) is 0 Å². The molecule has 0 unspecified atom stereocenters. The Hall–Kier alpha value is -1.96. The summed E-state index contributed by atoms with van der Waals surface area (Å²) in [6.07, 6.45) is 5.19. The van der Waals surface area contributed by atoms with Crippen LogP contribution in [0.5, 0.6) is 0 Å². The van der Waals surface area contributed by atoms with Gasteiger partial charge in [-0.2, -0.15) is 0 Å². The van der Waals surface area contributed by atoms with Gasteiger partial charge in [-0.15, -0.1) is 0 Å². The molecule has 1 fully saturated rings. The Balaban J connectivity index is 1.74. The molecule has 1 saturated carbocycles. The zero-order valence-electron chi connectivity index (χ0n) is 15.3. The number of hydrogen-bond donors (Lipinski definition) is 2. The summed E-state index contributed by atoms with van der Waals surface area (Å²) in [4.78, 5) is 6.59. The van der Waals surface area contributed by atoms with Crippen molar-refractivity contribution in [3.05, 3.63) is 48.3 Å². The van der Waals surface area contributed by atoms with Crippen LogP contribution < -0.4 is 10.0 Å². The summed E-state index contributed by atoms with van der Waals surface area (Å²) in [7, 11) is 0.775. The van der Waals surface area contributed by atoms with Crippen LogP contribution >= 0.6 is 0 Å². The number of benzene rings is 1. The zero-order chi connectivity index (χ0) is 18.6. The second-order valence-electron chi connectivity index (χ2n) is 6.85. The van der Waals surface area contributed by atoms with Crippen molar-refractivity contribution in [3.8, 4) is 11.1 Å². The van der Waals surface area contributed by atoms with E-state index in [4.69, 9.17) is 0 Å². The number of sulfonamides is 1. The fourth-order valence-electron chi connectivity index (χ4n) is 2.81. The summed E-state index contributed by atoms with van der Waals surface area (Å²) in [5, 5.41) is 2.91. The highest BCUT2D eigenvalue weighted by Gasteiger charge is 2.35. The molecule has 0 amide bonds. The van der Waals surface area contributed by atoms with E-state index in [1.807, 2.05) is 37.6 Å². The van der Waals surface area contributed by atoms with E-state index in [-0.39, 0.29) is 5.25 Å². The Morgan fingerprint density at radius 1 is 1.19 bits per heavy atom. The standard InChI is InChI=1S/C19H26N4O2S/c1-20-8-9-23(2)14-15-10-17(13-21-12-15)16-4-3-5-18(11-16)22-26(24,25)19-6-7-19/h3-5,10-13,19-20,22H,6-9,14H2,1-2H3. The molecule has 2 aromatic rings. The van der Waals surface area contributed by atoms with Crippen molar-refractivity contribution < 1.29 is 8.42 Å². The molecular weight excluding hydrogens is 348 g/mol. The molecule has 0 atom stereocenters. The third kappa shape index (κ3) is 5.03. The van der Waals surface area contributed by atoms with Gasteiger partial charge in [-0.25, -0.2) is 8.42 Å². The molecule has 7 heteroatoms. The van der Waals surface area contributed by atoms with Crippen molar-refractivity contribution >= 4 is 15.7 Å². The first-order valence-corrected chi connectivity index (χ1v) is 10.4. The van der Waals surface area contributed by atoms with Crippen LogP contribution in [0.4, 0.5) is 5.69 Å². The average molecular weight is 375 g/mol. The maximum atomic E-state index is 12.1. The van der Waals surface area contributed by atoms with E-state index in [1.54, 1.807) is 6.07 Å². The molecule has 0 bridgehead atoms. The number of pyridine rings is 1. The number of anilines is 1. The maximum Gasteiger partial charge on any atom is 0.235 e. The summed E-state index contributed by atoms with van der Waals surface area (Å²) in [6, 6.07) is 9.60. The lowest BCUT2D eigenvalue weighted by Crippen LogP contribution is -2.26. The minimum atomic E-state index is -3.25. The number of hydrogen-bond acceptors (Lipinski definition) is 5. The molecule has 26 heavy (non-hydrogen) atoms. The van der Waals surface area contributed by atoms with E-state index >= 15 is 0 Å². The predicted octanol–water partition coefficient (Wildman–Crippen LogP) is 2.30. The molecule has 2 N–H and O–H groups in total. The van der Waals surface area contributed by atoms with Crippen LogP contribution in [-0.2, 0) is 16.6 Å². The molecule has 1 aromatic carbocycles. The van der Waals surface area contributed by atoms with Gasteiger partial charge >= 0.3 is 0 Å². The molecule has 0 saturated heterocycles. The molecule has 0 spiro atoms. The molecule has 0 radical (unpaired) electrons. The van der Waals surface area contributed by atoms with Crippen molar-refractivity contribution in [3.63, 3.8) is 0 Å². The van der Waals surface area contributed by atoms with Crippen LogP contribution in [0, 0.1) is 0 Å². The SMILES string of the molecule is CNCCN(C)Cc1cncc(-c2cccc(NS(=O)(=O)C3CC3)c2)c1. The number of nitrogens with zero attached hydrogens (tertiary/aromatic N) is 2. The van der Waals surface area contributed by atoms with Gasteiger partial charge in [-0.1, -0.05) is 12.1 Å². The van der Waals surface area contributed by atoms with Gasteiger partial charge in [0.25, 0.3) is 0 Å². The van der Waals surface area contributed by atoms with Crippen molar-refractivity contribution in [2.24, 2.45) is 0 Å². The highest BCUT2D eigenvalue weighted by Crippen LogP contribution is 2.30. The Kier molecular flexibility index (Phi) is 5.90. The van der Waals surface area contributed by atoms with E-state index in [2.05, 4.69) is 33.0 Å². The third-order valence-electron chi connectivity index (χ3n) is 4.41. The molecule has 140 valence electrons. The van der Waals surface area contributed by atoms with Gasteiger partial charge in [0, 0.05) is 43.3 Å². The minimum Gasteiger partial charge on any atom is -0.318 e. The number of likely N-dealkylation sites (N-methyl/N-ethyl adjacent to an activating group) is 2. The van der Waals surface area contributed by atoms with Crippen molar-refractivity contribution in [1.82, 2.24) is 15.2 Å². The summed E-state index contributed by atoms with van der Waals surface area (Å²) in [5.41, 5.74) is 3.67. The topological polar surface area (TPSA) is 74.3 Å². The van der Waals surface area contributed by atoms with Gasteiger partial charge in [0.05, 0.1) is 5.25 Å². The summed E-state index contributed by atoms with van der Waals surface area (Å²) < 4.78 is 27.0. The first-order valence-electron chi connectivity index (χ1n) is 8.87. The molecular formula is C19H26N4O2S. The van der Waals surface area contributed by atoms with E-state index < -0.39 is 10.0 Å². The smallest absolute Gasteiger partial charge is 0.235 e. The van der Waals surface area contributed by atoms with Crippen molar-refractivity contribution in [2.45, 2.75) is 24.6 Å². The van der Waals surface area contributed by atoms with Crippen molar-refractivity contribution in [2.75, 3.05) is 31.9 Å². The van der Waals surface area contributed by atoms with Crippen LogP contribution in [-0.4, -0.2) is 50.7 Å². The number of rotatable bonds is 9. The number of nitrogens with one attached hydrogen (secondary N) is 2. The molecule has 3 rings (SSSR count). The molecule has 1 aliphatic carbocycles. The van der Waals surface area contributed by atoms with Gasteiger partial charge in [-0.3, -0.25) is 9.71 Å². The van der Waals surface area contributed by atoms with E-state index in [9.17, 15) is 8.42 Å². The van der Waals surface area contributed by atoms with Crippen LogP contribution in [0.1, 0.15) is 18.4 Å². The second-order valence-corrected chi connectivity index (χ2v) is 8.81. The highest BCUT2D eigenvalue weighted by atomic mass is 32.2. The Morgan fingerprint density at radius 2 is 2.00 bits per heavy atom. The molecule has 1 aliphatic rings. The Bertz CT molecular complexity index is 850. The van der Waals surface area contributed by atoms with Crippen LogP contribution in [0.3, 0.4) is 0 Å². The van der Waals surface area contributed by atoms with Crippen molar-refractivity contribution in [1.29, 1.82) is 0 Å². The fraction of sp³-hybridized carbons (Fsp3) is 0.421. The minimum absolute atomic E-state index is 0.232. The quantitative estimate of drug-likeness (QED) is 0.705. The van der Waals surface area contributed by atoms with Gasteiger partial charge in [-0.05, 0) is 56.3 Å². The van der Waals surface area contributed by atoms with Gasteiger partial charge < -0.3 is 10.2 Å².